The fraction of sp³-hybridized carbons (Fsp3) is 0.100. The van der Waals surface area contributed by atoms with Crippen molar-refractivity contribution in [2.75, 3.05) is 11.9 Å². The van der Waals surface area contributed by atoms with Gasteiger partial charge in [0, 0.05) is 15.7 Å². The number of amides is 1. The molecular weight excluding hydrogens is 460 g/mol. The largest absolute Gasteiger partial charge is 0.479 e. The average molecular weight is 474 g/mol. The molecule has 4 nitrogen and oxygen atoms in total. The van der Waals surface area contributed by atoms with Crippen LogP contribution < -0.4 is 10.1 Å². The predicted molar refractivity (Wildman–Crippen MR) is 110 cm³/mol. The molecule has 0 atom stereocenters. The SMILES string of the molecule is C#CCOc1c(Br)cc(Br)cc1/C=C(\C#N)C(=O)Nc1ccccc1C. The summed E-state index contributed by atoms with van der Waals surface area (Å²) in [5.41, 5.74) is 2.06. The summed E-state index contributed by atoms with van der Waals surface area (Å²) in [5, 5.41) is 12.2. The first kappa shape index (κ1) is 19.8. The molecule has 2 rings (SSSR count). The van der Waals surface area contributed by atoms with Gasteiger partial charge in [-0.1, -0.05) is 40.0 Å². The van der Waals surface area contributed by atoms with Crippen LogP contribution in [0.25, 0.3) is 6.08 Å². The second-order valence-corrected chi connectivity index (χ2v) is 7.01. The highest BCUT2D eigenvalue weighted by Gasteiger charge is 2.14. The van der Waals surface area contributed by atoms with E-state index in [0.29, 0.717) is 21.5 Å². The topological polar surface area (TPSA) is 62.1 Å². The van der Waals surface area contributed by atoms with Gasteiger partial charge in [0.2, 0.25) is 0 Å². The van der Waals surface area contributed by atoms with E-state index >= 15 is 0 Å². The fourth-order valence-corrected chi connectivity index (χ4v) is 3.53. The van der Waals surface area contributed by atoms with E-state index in [2.05, 4.69) is 43.1 Å². The first-order valence-corrected chi connectivity index (χ1v) is 9.09. The number of anilines is 1. The highest BCUT2D eigenvalue weighted by molar-refractivity contribution is 9.11. The lowest BCUT2D eigenvalue weighted by Gasteiger charge is -2.11. The van der Waals surface area contributed by atoms with Gasteiger partial charge in [0.05, 0.1) is 4.47 Å². The zero-order chi connectivity index (χ0) is 19.1. The van der Waals surface area contributed by atoms with Crippen molar-refractivity contribution >= 4 is 49.5 Å². The van der Waals surface area contributed by atoms with Gasteiger partial charge in [-0.05, 0) is 52.7 Å². The van der Waals surface area contributed by atoms with Crippen LogP contribution in [0.15, 0.2) is 50.9 Å². The molecule has 0 spiro atoms. The molecule has 0 heterocycles. The normalized spacial score (nSPS) is 10.6. The van der Waals surface area contributed by atoms with Crippen molar-refractivity contribution in [2.45, 2.75) is 6.92 Å². The molecule has 0 fully saturated rings. The van der Waals surface area contributed by atoms with Gasteiger partial charge in [0.15, 0.2) is 0 Å². The Labute approximate surface area is 169 Å². The number of ether oxygens (including phenoxy) is 1. The quantitative estimate of drug-likeness (QED) is 0.374. The fourth-order valence-electron chi connectivity index (χ4n) is 2.16. The van der Waals surface area contributed by atoms with Crippen LogP contribution in [0.5, 0.6) is 5.75 Å². The second-order valence-electron chi connectivity index (χ2n) is 5.24. The first-order valence-electron chi connectivity index (χ1n) is 7.50. The molecule has 2 aromatic carbocycles. The smallest absolute Gasteiger partial charge is 0.266 e. The van der Waals surface area contributed by atoms with Gasteiger partial charge in [-0.15, -0.1) is 6.42 Å². The zero-order valence-electron chi connectivity index (χ0n) is 13.8. The third-order valence-corrected chi connectivity index (χ3v) is 4.44. The number of halogens is 2. The number of hydrogen-bond donors (Lipinski definition) is 1. The molecule has 0 aromatic heterocycles. The van der Waals surface area contributed by atoms with E-state index in [-0.39, 0.29) is 12.2 Å². The lowest BCUT2D eigenvalue weighted by Crippen LogP contribution is -2.14. The predicted octanol–water partition coefficient (Wildman–Crippen LogP) is 5.08. The Hall–Kier alpha value is -2.54. The van der Waals surface area contributed by atoms with Crippen LogP contribution in [0.4, 0.5) is 5.69 Å². The Bertz CT molecular complexity index is 953. The summed E-state index contributed by atoms with van der Waals surface area (Å²) in [7, 11) is 0. The Morgan fingerprint density at radius 1 is 1.35 bits per heavy atom. The van der Waals surface area contributed by atoms with Crippen LogP contribution in [0.3, 0.4) is 0 Å². The molecule has 6 heteroatoms. The van der Waals surface area contributed by atoms with Crippen LogP contribution in [-0.2, 0) is 4.79 Å². The number of terminal acetylenes is 1. The number of nitrogens with zero attached hydrogens (tertiary/aromatic N) is 1. The minimum Gasteiger partial charge on any atom is -0.479 e. The van der Waals surface area contributed by atoms with Crippen molar-refractivity contribution in [3.05, 3.63) is 62.0 Å². The zero-order valence-corrected chi connectivity index (χ0v) is 17.0. The third kappa shape index (κ3) is 4.98. The molecule has 26 heavy (non-hydrogen) atoms. The molecule has 1 N–H and O–H groups in total. The summed E-state index contributed by atoms with van der Waals surface area (Å²) < 4.78 is 6.97. The molecule has 0 aliphatic heterocycles. The molecule has 2 aromatic rings. The molecule has 0 saturated carbocycles. The third-order valence-electron chi connectivity index (χ3n) is 3.40. The lowest BCUT2D eigenvalue weighted by molar-refractivity contribution is -0.112. The maximum Gasteiger partial charge on any atom is 0.266 e. The molecule has 0 aliphatic rings. The van der Waals surface area contributed by atoms with Gasteiger partial charge in [-0.25, -0.2) is 0 Å². The highest BCUT2D eigenvalue weighted by atomic mass is 79.9. The van der Waals surface area contributed by atoms with Gasteiger partial charge in [0.25, 0.3) is 5.91 Å². The van der Waals surface area contributed by atoms with Gasteiger partial charge in [-0.3, -0.25) is 4.79 Å². The van der Waals surface area contributed by atoms with E-state index in [0.717, 1.165) is 10.0 Å². The monoisotopic (exact) mass is 472 g/mol. The van der Waals surface area contributed by atoms with E-state index in [9.17, 15) is 10.1 Å². The van der Waals surface area contributed by atoms with E-state index in [1.807, 2.05) is 31.2 Å². The van der Waals surface area contributed by atoms with E-state index in [4.69, 9.17) is 11.2 Å². The summed E-state index contributed by atoms with van der Waals surface area (Å²) in [6.07, 6.45) is 6.72. The molecule has 0 radical (unpaired) electrons. The number of carbonyl (C=O) groups is 1. The Morgan fingerprint density at radius 3 is 2.73 bits per heavy atom. The number of nitrogens with one attached hydrogen (secondary N) is 1. The Kier molecular flexibility index (Phi) is 7.03. The van der Waals surface area contributed by atoms with E-state index in [1.54, 1.807) is 18.2 Å². The number of aryl methyl sites for hydroxylation is 1. The summed E-state index contributed by atoms with van der Waals surface area (Å²) in [6, 6.07) is 12.8. The van der Waals surface area contributed by atoms with Crippen molar-refractivity contribution in [2.24, 2.45) is 0 Å². The van der Waals surface area contributed by atoms with E-state index in [1.165, 1.54) is 6.08 Å². The number of carbonyl (C=O) groups excluding carboxylic acids is 1. The maximum atomic E-state index is 12.5. The number of nitriles is 1. The van der Waals surface area contributed by atoms with Crippen LogP contribution in [0.1, 0.15) is 11.1 Å². The number of benzene rings is 2. The summed E-state index contributed by atoms with van der Waals surface area (Å²) in [5.74, 6) is 2.36. The summed E-state index contributed by atoms with van der Waals surface area (Å²) >= 11 is 6.79. The Morgan fingerprint density at radius 2 is 2.08 bits per heavy atom. The first-order chi connectivity index (χ1) is 12.5. The van der Waals surface area contributed by atoms with E-state index < -0.39 is 5.91 Å². The number of rotatable bonds is 5. The second kappa shape index (κ2) is 9.24. The molecule has 0 aliphatic carbocycles. The van der Waals surface area contributed by atoms with Crippen molar-refractivity contribution < 1.29 is 9.53 Å². The molecular formula is C20H14Br2N2O2. The number of para-hydroxylation sites is 1. The van der Waals surface area contributed by atoms with Crippen molar-refractivity contribution in [1.29, 1.82) is 5.26 Å². The van der Waals surface area contributed by atoms with Crippen molar-refractivity contribution in [1.82, 2.24) is 0 Å². The van der Waals surface area contributed by atoms with Crippen LogP contribution >= 0.6 is 31.9 Å². The standard InChI is InChI=1S/C20H14Br2N2O2/c1-3-8-26-19-14(10-16(21)11-17(19)22)9-15(12-23)20(25)24-18-7-5-4-6-13(18)2/h1,4-7,9-11H,8H2,2H3,(H,24,25)/b15-9+. The van der Waals surface area contributed by atoms with Crippen LogP contribution in [0.2, 0.25) is 0 Å². The summed E-state index contributed by atoms with van der Waals surface area (Å²) in [4.78, 5) is 12.5. The highest BCUT2D eigenvalue weighted by Crippen LogP contribution is 2.34. The average Bonchev–Trinajstić information content (AvgIpc) is 2.60. The minimum absolute atomic E-state index is 0.0520. The molecule has 130 valence electrons. The molecule has 1 amide bonds. The van der Waals surface area contributed by atoms with Crippen molar-refractivity contribution in [3.8, 4) is 24.2 Å². The molecule has 0 unspecified atom stereocenters. The van der Waals surface area contributed by atoms with Crippen molar-refractivity contribution in [3.63, 3.8) is 0 Å². The lowest BCUT2D eigenvalue weighted by atomic mass is 10.1. The molecule has 0 saturated heterocycles. The van der Waals surface area contributed by atoms with Gasteiger partial charge in [0.1, 0.15) is 24.0 Å². The molecule has 0 bridgehead atoms. The van der Waals surface area contributed by atoms with Crippen LogP contribution in [-0.4, -0.2) is 12.5 Å². The summed E-state index contributed by atoms with van der Waals surface area (Å²) in [6.45, 7) is 1.95. The maximum absolute atomic E-state index is 12.5. The van der Waals surface area contributed by atoms with Gasteiger partial charge in [-0.2, -0.15) is 5.26 Å². The van der Waals surface area contributed by atoms with Crippen LogP contribution in [0, 0.1) is 30.6 Å². The minimum atomic E-state index is -0.499. The van der Waals surface area contributed by atoms with Gasteiger partial charge < -0.3 is 10.1 Å². The van der Waals surface area contributed by atoms with Gasteiger partial charge >= 0.3 is 0 Å². The Balaban J connectivity index is 2.39. The number of hydrogen-bond acceptors (Lipinski definition) is 3.